The van der Waals surface area contributed by atoms with Gasteiger partial charge < -0.3 is 14.5 Å². The summed E-state index contributed by atoms with van der Waals surface area (Å²) in [6, 6.07) is 7.61. The van der Waals surface area contributed by atoms with Crippen molar-refractivity contribution in [3.8, 4) is 0 Å². The van der Waals surface area contributed by atoms with Gasteiger partial charge in [0.25, 0.3) is 11.8 Å². The van der Waals surface area contributed by atoms with Crippen LogP contribution in [0.5, 0.6) is 0 Å². The Morgan fingerprint density at radius 3 is 2.02 bits per heavy atom. The molecule has 0 aromatic heterocycles. The molecular weight excluding hydrogens is 541 g/mol. The van der Waals surface area contributed by atoms with Gasteiger partial charge in [-0.15, -0.1) is 0 Å². The van der Waals surface area contributed by atoms with Gasteiger partial charge in [-0.3, -0.25) is 19.2 Å². The predicted octanol–water partition coefficient (Wildman–Crippen LogP) is -1.33. The van der Waals surface area contributed by atoms with Gasteiger partial charge in [0.1, 0.15) is 7.85 Å². The summed E-state index contributed by atoms with van der Waals surface area (Å²) in [5, 5.41) is -7.84. The molecule has 0 bridgehead atoms. The van der Waals surface area contributed by atoms with Crippen LogP contribution in [0.4, 0.5) is 8.78 Å². The first-order valence-electron chi connectivity index (χ1n) is 11.5. The van der Waals surface area contributed by atoms with E-state index in [1.165, 1.54) is 0 Å². The molecule has 0 aliphatic carbocycles. The van der Waals surface area contributed by atoms with Crippen LogP contribution < -0.4 is 0 Å². The average molecular weight is 550 g/mol. The van der Waals surface area contributed by atoms with Crippen molar-refractivity contribution in [2.45, 2.75) is 33.7 Å². The Kier molecular flexibility index (Phi) is 7.34. The fraction of sp³-hybridized carbons (Fsp3) is 0.273. The lowest BCUT2D eigenvalue weighted by atomic mass is 9.21. The van der Waals surface area contributed by atoms with E-state index in [-0.39, 0.29) is 31.3 Å². The van der Waals surface area contributed by atoms with Gasteiger partial charge in [-0.05, 0) is 39.9 Å². The Morgan fingerprint density at radius 2 is 1.46 bits per heavy atom. The highest BCUT2D eigenvalue weighted by Crippen LogP contribution is 2.57. The van der Waals surface area contributed by atoms with Gasteiger partial charge in [0.05, 0.1) is 52.5 Å². The fourth-order valence-electron chi connectivity index (χ4n) is 4.58. The maximum absolute atomic E-state index is 15.0. The number of imide groups is 1. The molecule has 2 aliphatic heterocycles. The average Bonchev–Trinajstić information content (AvgIpc) is 3.25. The molecule has 41 heavy (non-hydrogen) atoms. The molecule has 4 amide bonds. The predicted molar refractivity (Wildman–Crippen MR) is 152 cm³/mol. The number of rotatable bonds is 5. The molecule has 2 aliphatic rings. The zero-order valence-electron chi connectivity index (χ0n) is 21.1. The highest BCUT2D eigenvalue weighted by molar-refractivity contribution is 6.68. The molecule has 19 heteroatoms. The van der Waals surface area contributed by atoms with Crippen LogP contribution in [-0.2, 0) is 32.2 Å². The summed E-state index contributed by atoms with van der Waals surface area (Å²) >= 11 is 5.72. The van der Waals surface area contributed by atoms with Crippen LogP contribution >= 0.6 is 11.6 Å². The van der Waals surface area contributed by atoms with Gasteiger partial charge in [0, 0.05) is 22.7 Å². The Balaban J connectivity index is 1.68. The van der Waals surface area contributed by atoms with Crippen molar-refractivity contribution in [3.63, 3.8) is 0 Å². The fourth-order valence-corrected chi connectivity index (χ4v) is 4.70. The number of nitrogens with zero attached hydrogens (tertiary/aromatic N) is 3. The van der Waals surface area contributed by atoms with Crippen LogP contribution in [0, 0.1) is 0 Å². The molecule has 1 saturated heterocycles. The van der Waals surface area contributed by atoms with E-state index in [0.717, 1.165) is 42.5 Å². The summed E-state index contributed by atoms with van der Waals surface area (Å²) in [5.74, 6) is -9.79. The normalized spacial score (nSPS) is 22.0. The van der Waals surface area contributed by atoms with Crippen molar-refractivity contribution in [2.75, 3.05) is 0 Å². The van der Waals surface area contributed by atoms with Crippen LogP contribution in [0.25, 0.3) is 0 Å². The minimum atomic E-state index is -4.16. The summed E-state index contributed by atoms with van der Waals surface area (Å²) in [7, 11) is 53.3. The molecule has 0 N–H and O–H groups in total. The Bertz CT molecular complexity index is 1500. The summed E-state index contributed by atoms with van der Waals surface area (Å²) in [5.41, 5.74) is -3.70. The summed E-state index contributed by atoms with van der Waals surface area (Å²) < 4.78 is 29.9. The summed E-state index contributed by atoms with van der Waals surface area (Å²) in [6.07, 6.45) is 0. The number of hydrogen-bond acceptors (Lipinski definition) is 4. The zero-order chi connectivity index (χ0) is 31.1. The van der Waals surface area contributed by atoms with Crippen LogP contribution in [-0.4, -0.2) is 114 Å². The van der Waals surface area contributed by atoms with E-state index in [0.29, 0.717) is 4.90 Å². The third kappa shape index (κ3) is 4.26. The first-order valence-corrected chi connectivity index (χ1v) is 11.9. The number of amides is 4. The number of carbonyl (C=O) groups excluding carboxylic acids is 4. The Hall–Kier alpha value is -2.75. The van der Waals surface area contributed by atoms with Crippen molar-refractivity contribution >= 4 is 106 Å². The van der Waals surface area contributed by atoms with E-state index in [1.807, 2.05) is 0 Å². The second-order valence-corrected chi connectivity index (χ2v) is 10.3. The van der Waals surface area contributed by atoms with E-state index in [9.17, 15) is 28.0 Å². The lowest BCUT2D eigenvalue weighted by molar-refractivity contribution is -0.155. The molecule has 0 spiro atoms. The van der Waals surface area contributed by atoms with Gasteiger partial charge in [0.15, 0.2) is 0 Å². The van der Waals surface area contributed by atoms with Gasteiger partial charge >= 0.3 is 5.92 Å². The van der Waals surface area contributed by atoms with Gasteiger partial charge in [-0.2, -0.15) is 8.78 Å². The molecular formula is C22H9B9ClF2N3O4. The van der Waals surface area contributed by atoms with Crippen LogP contribution in [0.2, 0.25) is 15.5 Å². The van der Waals surface area contributed by atoms with Gasteiger partial charge in [-0.25, -0.2) is 0 Å². The monoisotopic (exact) mass is 551 g/mol. The minimum absolute atomic E-state index is 0.00320. The number of piperidine rings is 1. The first kappa shape index (κ1) is 31.2. The van der Waals surface area contributed by atoms with E-state index in [1.54, 1.807) is 0 Å². The van der Waals surface area contributed by atoms with E-state index in [2.05, 4.69) is 0 Å². The second-order valence-electron chi connectivity index (χ2n) is 9.83. The Morgan fingerprint density at radius 1 is 0.927 bits per heavy atom. The maximum Gasteiger partial charge on any atom is 0.348 e. The third-order valence-corrected chi connectivity index (χ3v) is 7.57. The largest absolute Gasteiger partial charge is 0.398 e. The summed E-state index contributed by atoms with van der Waals surface area (Å²) in [4.78, 5) is 52.2. The van der Waals surface area contributed by atoms with E-state index >= 15 is 0 Å². The van der Waals surface area contributed by atoms with Crippen molar-refractivity contribution in [1.29, 1.82) is 0 Å². The highest BCUT2D eigenvalue weighted by Gasteiger charge is 2.64. The van der Waals surface area contributed by atoms with Gasteiger partial charge in [-0.1, -0.05) is 41.1 Å². The van der Waals surface area contributed by atoms with E-state index in [4.69, 9.17) is 82.5 Å². The molecule has 0 unspecified atom stereocenters. The molecule has 18 radical (unpaired) electrons. The number of halogens is 3. The SMILES string of the molecule is [B]N1C(=O)C([B])([B])C([B])([B])[C@]([B])(N2Cc3cc(C([B])([B])N([B])C(=O)C(F)(F)c4ccc(Cl)cc4)ccc3C2=O)C1=O. The summed E-state index contributed by atoms with van der Waals surface area (Å²) in [6.45, 7) is -0.520. The first-order chi connectivity index (χ1) is 18.6. The number of carbonyl (C=O) groups is 4. The quantitative estimate of drug-likeness (QED) is 0.342. The molecule has 7 nitrogen and oxygen atoms in total. The van der Waals surface area contributed by atoms with Crippen LogP contribution in [0.15, 0.2) is 42.5 Å². The molecule has 2 aromatic rings. The highest BCUT2D eigenvalue weighted by atomic mass is 35.5. The van der Waals surface area contributed by atoms with Crippen molar-refractivity contribution in [1.82, 2.24) is 14.5 Å². The number of benzene rings is 2. The topological polar surface area (TPSA) is 78.0 Å². The molecule has 0 saturated carbocycles. The molecule has 2 aromatic carbocycles. The van der Waals surface area contributed by atoms with E-state index < -0.39 is 62.9 Å². The van der Waals surface area contributed by atoms with Crippen molar-refractivity contribution in [3.05, 3.63) is 69.7 Å². The molecule has 4 rings (SSSR count). The van der Waals surface area contributed by atoms with Crippen molar-refractivity contribution < 1.29 is 28.0 Å². The molecule has 184 valence electrons. The van der Waals surface area contributed by atoms with Crippen LogP contribution in [0.1, 0.15) is 27.0 Å². The molecule has 2 heterocycles. The van der Waals surface area contributed by atoms with Gasteiger partial charge in [0.2, 0.25) is 27.8 Å². The number of fused-ring (bicyclic) bond motifs is 1. The number of alkyl halides is 2. The van der Waals surface area contributed by atoms with Crippen LogP contribution in [0.3, 0.4) is 0 Å². The zero-order valence-corrected chi connectivity index (χ0v) is 21.8. The second kappa shape index (κ2) is 9.64. The lowest BCUT2D eigenvalue weighted by Crippen LogP contribution is -2.75. The molecule has 1 atom stereocenters. The third-order valence-electron chi connectivity index (χ3n) is 7.32. The maximum atomic E-state index is 15.0. The number of hydrogen-bond donors (Lipinski definition) is 0. The minimum Gasteiger partial charge on any atom is -0.398 e. The lowest BCUT2D eigenvalue weighted by Gasteiger charge is -2.62. The Labute approximate surface area is 251 Å². The smallest absolute Gasteiger partial charge is 0.348 e. The van der Waals surface area contributed by atoms with Crippen molar-refractivity contribution in [2.24, 2.45) is 0 Å². The standard InChI is InChI=1S/C22H9B9ClF2N3O4/c23-19(24)16(40)36(30)17(41)20(25,22(19,28)29)35-8-9-7-11(3-6-13(9)14(35)38)21(26,27)37(31)15(39)18(33,34)10-1-4-12(32)5-2-10/h1-7H,8H2/t20-/m1/s1. The molecule has 1 fully saturated rings.